The average molecular weight is 405 g/mol. The van der Waals surface area contributed by atoms with Gasteiger partial charge in [0.15, 0.2) is 5.16 Å². The monoisotopic (exact) mass is 405 g/mol. The second kappa shape index (κ2) is 8.19. The van der Waals surface area contributed by atoms with Gasteiger partial charge in [-0.15, -0.1) is 0 Å². The molecule has 146 valence electrons. The van der Waals surface area contributed by atoms with Gasteiger partial charge in [-0.1, -0.05) is 48.2 Å². The molecule has 2 aromatic heterocycles. The fraction of sp³-hybridized carbons (Fsp3) is 0.100. The highest BCUT2D eigenvalue weighted by atomic mass is 32.2. The lowest BCUT2D eigenvalue weighted by Gasteiger charge is -2.13. The molecule has 0 saturated heterocycles. The van der Waals surface area contributed by atoms with Crippen LogP contribution in [0.2, 0.25) is 0 Å². The molecule has 29 heavy (non-hydrogen) atoms. The largest absolute Gasteiger partial charge is 0.497 e. The van der Waals surface area contributed by atoms with Gasteiger partial charge in [-0.2, -0.15) is 15.0 Å². The molecule has 0 aliphatic carbocycles. The second-order valence-electron chi connectivity index (χ2n) is 6.09. The first-order valence-electron chi connectivity index (χ1n) is 8.80. The maximum atomic E-state index is 5.68. The summed E-state index contributed by atoms with van der Waals surface area (Å²) in [6.45, 7) is 0. The van der Waals surface area contributed by atoms with Crippen LogP contribution in [-0.4, -0.2) is 31.6 Å². The Hall–Kier alpha value is -3.59. The number of thioether (sulfide) groups is 1. The van der Waals surface area contributed by atoms with E-state index in [0.29, 0.717) is 11.6 Å². The van der Waals surface area contributed by atoms with E-state index in [9.17, 15) is 0 Å². The summed E-state index contributed by atoms with van der Waals surface area (Å²) in [5, 5.41) is 0.787. The van der Waals surface area contributed by atoms with Crippen LogP contribution in [0.3, 0.4) is 0 Å². The van der Waals surface area contributed by atoms with Gasteiger partial charge in [0.1, 0.15) is 11.6 Å². The number of aromatic nitrogens is 5. The van der Waals surface area contributed by atoms with Crippen molar-refractivity contribution in [3.05, 3.63) is 66.6 Å². The summed E-state index contributed by atoms with van der Waals surface area (Å²) in [5.74, 6) is 1.93. The molecule has 9 heteroatoms. The van der Waals surface area contributed by atoms with E-state index in [1.54, 1.807) is 7.11 Å². The van der Waals surface area contributed by atoms with Crippen molar-refractivity contribution in [2.75, 3.05) is 18.6 Å². The number of benzene rings is 2. The minimum absolute atomic E-state index is 0.106. The molecule has 4 aromatic rings. The number of methoxy groups -OCH3 is 1. The molecule has 2 aromatic carbocycles. The smallest absolute Gasteiger partial charge is 0.225 e. The Bertz CT molecular complexity index is 1110. The zero-order valence-corrected chi connectivity index (χ0v) is 16.5. The number of nitrogens with two attached hydrogens (primary N) is 2. The molecule has 0 aliphatic heterocycles. The topological polar surface area (TPSA) is 118 Å². The van der Waals surface area contributed by atoms with Gasteiger partial charge < -0.3 is 16.2 Å². The molecule has 0 atom stereocenters. The SMILES string of the molecule is COc1cccc(-n2c(-c3ccccc3)cnc2SCc2nc(N)nc(N)n2)c1. The Labute approximate surface area is 172 Å². The van der Waals surface area contributed by atoms with E-state index in [1.165, 1.54) is 11.8 Å². The maximum absolute atomic E-state index is 5.68. The van der Waals surface area contributed by atoms with Gasteiger partial charge in [-0.3, -0.25) is 4.57 Å². The highest BCUT2D eigenvalue weighted by Crippen LogP contribution is 2.32. The lowest BCUT2D eigenvalue weighted by Crippen LogP contribution is -2.06. The van der Waals surface area contributed by atoms with Gasteiger partial charge in [0.2, 0.25) is 11.9 Å². The van der Waals surface area contributed by atoms with Crippen molar-refractivity contribution in [3.8, 4) is 22.7 Å². The summed E-state index contributed by atoms with van der Waals surface area (Å²) in [6, 6.07) is 17.9. The molecular weight excluding hydrogens is 386 g/mol. The Morgan fingerprint density at radius 3 is 2.45 bits per heavy atom. The van der Waals surface area contributed by atoms with E-state index in [4.69, 9.17) is 16.2 Å². The third kappa shape index (κ3) is 4.14. The average Bonchev–Trinajstić information content (AvgIpc) is 3.16. The van der Waals surface area contributed by atoms with Crippen molar-refractivity contribution in [2.45, 2.75) is 10.9 Å². The lowest BCUT2D eigenvalue weighted by atomic mass is 10.1. The summed E-state index contributed by atoms with van der Waals surface area (Å²) in [7, 11) is 1.65. The number of ether oxygens (including phenoxy) is 1. The van der Waals surface area contributed by atoms with Gasteiger partial charge >= 0.3 is 0 Å². The van der Waals surface area contributed by atoms with Crippen LogP contribution in [-0.2, 0) is 5.75 Å². The molecule has 0 fully saturated rings. The fourth-order valence-electron chi connectivity index (χ4n) is 2.90. The molecule has 4 N–H and O–H groups in total. The van der Waals surface area contributed by atoms with Crippen LogP contribution in [0.1, 0.15) is 5.82 Å². The van der Waals surface area contributed by atoms with E-state index in [1.807, 2.05) is 48.7 Å². The Balaban J connectivity index is 1.74. The highest BCUT2D eigenvalue weighted by Gasteiger charge is 2.15. The first kappa shape index (κ1) is 18.8. The van der Waals surface area contributed by atoms with Crippen molar-refractivity contribution < 1.29 is 4.74 Å². The minimum atomic E-state index is 0.106. The number of nitrogens with zero attached hydrogens (tertiary/aromatic N) is 5. The van der Waals surface area contributed by atoms with E-state index in [0.717, 1.165) is 27.9 Å². The first-order chi connectivity index (χ1) is 14.1. The second-order valence-corrected chi connectivity index (χ2v) is 7.03. The van der Waals surface area contributed by atoms with E-state index in [2.05, 4.69) is 36.6 Å². The molecule has 8 nitrogen and oxygen atoms in total. The van der Waals surface area contributed by atoms with E-state index >= 15 is 0 Å². The van der Waals surface area contributed by atoms with Gasteiger partial charge in [0, 0.05) is 11.6 Å². The molecule has 0 radical (unpaired) electrons. The quantitative estimate of drug-likeness (QED) is 0.470. The van der Waals surface area contributed by atoms with Crippen molar-refractivity contribution in [1.29, 1.82) is 0 Å². The van der Waals surface area contributed by atoms with Crippen molar-refractivity contribution in [3.63, 3.8) is 0 Å². The first-order valence-corrected chi connectivity index (χ1v) is 9.79. The molecule has 0 saturated carbocycles. The van der Waals surface area contributed by atoms with Crippen LogP contribution >= 0.6 is 11.8 Å². The summed E-state index contributed by atoms with van der Waals surface area (Å²) >= 11 is 1.49. The van der Waals surface area contributed by atoms with Crippen LogP contribution in [0.5, 0.6) is 5.75 Å². The number of rotatable bonds is 6. The molecule has 0 bridgehead atoms. The lowest BCUT2D eigenvalue weighted by molar-refractivity contribution is 0.414. The molecule has 0 amide bonds. The van der Waals surface area contributed by atoms with Crippen LogP contribution in [0, 0.1) is 0 Å². The molecule has 4 rings (SSSR count). The molecule has 2 heterocycles. The van der Waals surface area contributed by atoms with Crippen molar-refractivity contribution in [2.24, 2.45) is 0 Å². The number of anilines is 2. The summed E-state index contributed by atoms with van der Waals surface area (Å²) in [5.41, 5.74) is 14.3. The third-order valence-corrected chi connectivity index (χ3v) is 5.11. The predicted molar refractivity (Wildman–Crippen MR) is 114 cm³/mol. The maximum Gasteiger partial charge on any atom is 0.225 e. The summed E-state index contributed by atoms with van der Waals surface area (Å²) in [6.07, 6.45) is 1.85. The zero-order valence-electron chi connectivity index (χ0n) is 15.7. The normalized spacial score (nSPS) is 10.8. The molecular formula is C20H19N7OS. The van der Waals surface area contributed by atoms with Gasteiger partial charge in [0.25, 0.3) is 0 Å². The third-order valence-electron chi connectivity index (χ3n) is 4.16. The Morgan fingerprint density at radius 1 is 0.966 bits per heavy atom. The highest BCUT2D eigenvalue weighted by molar-refractivity contribution is 7.98. The number of hydrogen-bond acceptors (Lipinski definition) is 8. The number of hydrogen-bond donors (Lipinski definition) is 2. The van der Waals surface area contributed by atoms with Crippen LogP contribution in [0.15, 0.2) is 66.0 Å². The molecule has 0 aliphatic rings. The fourth-order valence-corrected chi connectivity index (χ4v) is 3.75. The predicted octanol–water partition coefficient (Wildman–Crippen LogP) is 3.19. The Kier molecular flexibility index (Phi) is 5.30. The van der Waals surface area contributed by atoms with Crippen molar-refractivity contribution >= 4 is 23.7 Å². The van der Waals surface area contributed by atoms with E-state index < -0.39 is 0 Å². The summed E-state index contributed by atoms with van der Waals surface area (Å²) in [4.78, 5) is 16.7. The van der Waals surface area contributed by atoms with Crippen LogP contribution < -0.4 is 16.2 Å². The van der Waals surface area contributed by atoms with Gasteiger partial charge in [0.05, 0.1) is 30.4 Å². The van der Waals surface area contributed by atoms with Gasteiger partial charge in [-0.25, -0.2) is 4.98 Å². The zero-order chi connectivity index (χ0) is 20.2. The van der Waals surface area contributed by atoms with E-state index in [-0.39, 0.29) is 11.9 Å². The number of imidazole rings is 1. The Morgan fingerprint density at radius 2 is 1.72 bits per heavy atom. The molecule has 0 spiro atoms. The molecule has 0 unspecified atom stereocenters. The minimum Gasteiger partial charge on any atom is -0.497 e. The van der Waals surface area contributed by atoms with Crippen LogP contribution in [0.4, 0.5) is 11.9 Å². The standard InChI is InChI=1S/C20H19N7OS/c1-28-15-9-5-8-14(10-15)27-16(13-6-3-2-4-7-13)11-23-20(27)29-12-17-24-18(21)26-19(22)25-17/h2-11H,12H2,1H3,(H4,21,22,24,25,26). The van der Waals surface area contributed by atoms with Crippen molar-refractivity contribution in [1.82, 2.24) is 24.5 Å². The number of nitrogen functional groups attached to an aromatic ring is 2. The van der Waals surface area contributed by atoms with Gasteiger partial charge in [-0.05, 0) is 12.1 Å². The van der Waals surface area contributed by atoms with Crippen LogP contribution in [0.25, 0.3) is 16.9 Å². The summed E-state index contributed by atoms with van der Waals surface area (Å²) < 4.78 is 7.48.